The van der Waals surface area contributed by atoms with Crippen molar-refractivity contribution in [2.75, 3.05) is 13.1 Å². The third-order valence-electron chi connectivity index (χ3n) is 3.32. The van der Waals surface area contributed by atoms with Crippen molar-refractivity contribution < 1.29 is 19.8 Å². The maximum absolute atomic E-state index is 12.4. The van der Waals surface area contributed by atoms with E-state index in [9.17, 15) is 14.7 Å². The molecule has 0 spiro atoms. The van der Waals surface area contributed by atoms with Crippen LogP contribution in [0.2, 0.25) is 0 Å². The Balaban J connectivity index is 2.21. The predicted octanol–water partition coefficient (Wildman–Crippen LogP) is 1.64. The van der Waals surface area contributed by atoms with Crippen LogP contribution in [-0.4, -0.2) is 40.1 Å². The van der Waals surface area contributed by atoms with E-state index in [4.69, 9.17) is 5.11 Å². The predicted molar refractivity (Wildman–Crippen MR) is 69.1 cm³/mol. The zero-order valence-electron chi connectivity index (χ0n) is 10.8. The summed E-state index contributed by atoms with van der Waals surface area (Å²) in [4.78, 5) is 24.6. The number of carbonyl (C=O) groups is 2. The number of aliphatic carboxylic acids is 1. The maximum atomic E-state index is 12.4. The summed E-state index contributed by atoms with van der Waals surface area (Å²) >= 11 is 0. The molecule has 0 bridgehead atoms. The normalized spacial score (nSPS) is 14.2. The number of carboxylic acid groups (broad SMARTS) is 1. The number of rotatable bonds is 5. The van der Waals surface area contributed by atoms with Gasteiger partial charge in [-0.25, -0.2) is 0 Å². The van der Waals surface area contributed by atoms with Crippen LogP contribution >= 0.6 is 0 Å². The van der Waals surface area contributed by atoms with Crippen LogP contribution in [0.3, 0.4) is 0 Å². The molecule has 5 nitrogen and oxygen atoms in total. The van der Waals surface area contributed by atoms with Crippen molar-refractivity contribution in [3.05, 3.63) is 29.3 Å². The number of aromatic hydroxyl groups is 1. The number of nitrogens with zero attached hydrogens (tertiary/aromatic N) is 1. The summed E-state index contributed by atoms with van der Waals surface area (Å²) in [5.41, 5.74) is 0.848. The lowest BCUT2D eigenvalue weighted by molar-refractivity contribution is -0.137. The number of carboxylic acids is 1. The van der Waals surface area contributed by atoms with Crippen molar-refractivity contribution in [2.45, 2.75) is 19.8 Å². The van der Waals surface area contributed by atoms with E-state index in [1.165, 1.54) is 11.0 Å². The van der Waals surface area contributed by atoms with E-state index in [1.807, 2.05) is 0 Å². The first kappa shape index (κ1) is 13.4. The van der Waals surface area contributed by atoms with Crippen LogP contribution in [0.5, 0.6) is 5.75 Å². The van der Waals surface area contributed by atoms with Gasteiger partial charge >= 0.3 is 5.97 Å². The number of amides is 1. The van der Waals surface area contributed by atoms with E-state index in [0.717, 1.165) is 12.8 Å². The molecule has 5 heteroatoms. The topological polar surface area (TPSA) is 77.8 Å². The van der Waals surface area contributed by atoms with Crippen molar-refractivity contribution in [3.63, 3.8) is 0 Å². The Morgan fingerprint density at radius 3 is 2.63 bits per heavy atom. The molecule has 0 aliphatic heterocycles. The monoisotopic (exact) mass is 263 g/mol. The van der Waals surface area contributed by atoms with Crippen LogP contribution in [-0.2, 0) is 4.79 Å². The molecule has 1 aliphatic carbocycles. The quantitative estimate of drug-likeness (QED) is 0.846. The second-order valence-corrected chi connectivity index (χ2v) is 4.97. The fraction of sp³-hybridized carbons (Fsp3) is 0.429. The summed E-state index contributed by atoms with van der Waals surface area (Å²) in [5, 5.41) is 18.5. The lowest BCUT2D eigenvalue weighted by Gasteiger charge is -2.21. The molecule has 1 aromatic rings. The third-order valence-corrected chi connectivity index (χ3v) is 3.32. The lowest BCUT2D eigenvalue weighted by atomic mass is 10.1. The van der Waals surface area contributed by atoms with Gasteiger partial charge in [-0.1, -0.05) is 6.07 Å². The first-order chi connectivity index (χ1) is 8.99. The summed E-state index contributed by atoms with van der Waals surface area (Å²) in [5.74, 6) is -0.886. The molecule has 0 radical (unpaired) electrons. The Labute approximate surface area is 111 Å². The Morgan fingerprint density at radius 1 is 1.37 bits per heavy atom. The van der Waals surface area contributed by atoms with Gasteiger partial charge in [0.05, 0.1) is 0 Å². The number of phenolic OH excluding ortho intramolecular Hbond substituents is 1. The van der Waals surface area contributed by atoms with Gasteiger partial charge in [-0.2, -0.15) is 0 Å². The van der Waals surface area contributed by atoms with Crippen molar-refractivity contribution >= 4 is 11.9 Å². The minimum Gasteiger partial charge on any atom is -0.508 e. The van der Waals surface area contributed by atoms with E-state index in [1.54, 1.807) is 19.1 Å². The second-order valence-electron chi connectivity index (χ2n) is 4.97. The Hall–Kier alpha value is -2.04. The first-order valence-electron chi connectivity index (χ1n) is 6.28. The van der Waals surface area contributed by atoms with Crippen LogP contribution < -0.4 is 0 Å². The number of benzene rings is 1. The first-order valence-corrected chi connectivity index (χ1v) is 6.28. The van der Waals surface area contributed by atoms with Gasteiger partial charge in [0, 0.05) is 17.7 Å². The Morgan fingerprint density at radius 2 is 2.05 bits per heavy atom. The van der Waals surface area contributed by atoms with E-state index >= 15 is 0 Å². The van der Waals surface area contributed by atoms with Crippen molar-refractivity contribution in [3.8, 4) is 5.75 Å². The fourth-order valence-electron chi connectivity index (χ4n) is 2.02. The van der Waals surface area contributed by atoms with Crippen LogP contribution in [0.15, 0.2) is 18.2 Å². The molecule has 0 saturated heterocycles. The molecule has 102 valence electrons. The molecule has 0 atom stereocenters. The number of carbonyl (C=O) groups excluding carboxylic acids is 1. The smallest absolute Gasteiger partial charge is 0.323 e. The number of hydrogen-bond donors (Lipinski definition) is 2. The molecular weight excluding hydrogens is 246 g/mol. The highest BCUT2D eigenvalue weighted by Crippen LogP contribution is 2.30. The maximum Gasteiger partial charge on any atom is 0.323 e. The van der Waals surface area contributed by atoms with E-state index in [2.05, 4.69) is 0 Å². The molecule has 1 amide bonds. The van der Waals surface area contributed by atoms with Gasteiger partial charge in [0.25, 0.3) is 5.91 Å². The largest absolute Gasteiger partial charge is 0.508 e. The summed E-state index contributed by atoms with van der Waals surface area (Å²) < 4.78 is 0. The lowest BCUT2D eigenvalue weighted by Crippen LogP contribution is -2.37. The Bertz CT molecular complexity index is 508. The molecule has 0 aromatic heterocycles. The average Bonchev–Trinajstić information content (AvgIpc) is 3.14. The summed E-state index contributed by atoms with van der Waals surface area (Å²) in [6, 6.07) is 4.71. The number of hydrogen-bond acceptors (Lipinski definition) is 3. The fourth-order valence-corrected chi connectivity index (χ4v) is 2.02. The highest BCUT2D eigenvalue weighted by Gasteiger charge is 2.29. The molecule has 1 fully saturated rings. The van der Waals surface area contributed by atoms with E-state index in [0.29, 0.717) is 23.6 Å². The van der Waals surface area contributed by atoms with Crippen LogP contribution in [0.4, 0.5) is 0 Å². The Kier molecular flexibility index (Phi) is 3.74. The van der Waals surface area contributed by atoms with Gasteiger partial charge in [-0.15, -0.1) is 0 Å². The molecule has 1 aliphatic rings. The number of phenols is 1. The zero-order valence-corrected chi connectivity index (χ0v) is 10.8. The van der Waals surface area contributed by atoms with Gasteiger partial charge in [0.1, 0.15) is 12.3 Å². The summed E-state index contributed by atoms with van der Waals surface area (Å²) in [7, 11) is 0. The minimum atomic E-state index is -1.02. The van der Waals surface area contributed by atoms with E-state index < -0.39 is 5.97 Å². The van der Waals surface area contributed by atoms with Gasteiger partial charge in [-0.05, 0) is 37.8 Å². The molecular formula is C14H17NO4. The highest BCUT2D eigenvalue weighted by atomic mass is 16.4. The standard InChI is InChI=1S/C14H17NO4/c1-9-11(3-2-4-12(9)16)14(19)15(8-13(17)18)7-10-5-6-10/h2-4,10,16H,5-8H2,1H3,(H,17,18). The average molecular weight is 263 g/mol. The summed E-state index contributed by atoms with van der Waals surface area (Å²) in [6.45, 7) is 1.82. The molecule has 0 heterocycles. The SMILES string of the molecule is Cc1c(O)cccc1C(=O)N(CC(=O)O)CC1CC1. The molecule has 1 saturated carbocycles. The molecule has 2 N–H and O–H groups in total. The van der Waals surface area contributed by atoms with Gasteiger partial charge in [-0.3, -0.25) is 9.59 Å². The van der Waals surface area contributed by atoms with Gasteiger partial charge < -0.3 is 15.1 Å². The van der Waals surface area contributed by atoms with Gasteiger partial charge in [0.2, 0.25) is 0 Å². The zero-order chi connectivity index (χ0) is 14.0. The third kappa shape index (κ3) is 3.24. The second kappa shape index (κ2) is 5.30. The van der Waals surface area contributed by atoms with Crippen molar-refractivity contribution in [1.29, 1.82) is 0 Å². The van der Waals surface area contributed by atoms with Crippen LogP contribution in [0, 0.1) is 12.8 Å². The molecule has 2 rings (SSSR count). The molecule has 19 heavy (non-hydrogen) atoms. The van der Waals surface area contributed by atoms with Crippen LogP contribution in [0.25, 0.3) is 0 Å². The van der Waals surface area contributed by atoms with Crippen LogP contribution in [0.1, 0.15) is 28.8 Å². The highest BCUT2D eigenvalue weighted by molar-refractivity contribution is 5.97. The summed E-state index contributed by atoms with van der Waals surface area (Å²) in [6.07, 6.45) is 2.09. The molecule has 1 aromatic carbocycles. The minimum absolute atomic E-state index is 0.0487. The van der Waals surface area contributed by atoms with Crippen molar-refractivity contribution in [2.24, 2.45) is 5.92 Å². The van der Waals surface area contributed by atoms with E-state index in [-0.39, 0.29) is 18.2 Å². The van der Waals surface area contributed by atoms with Gasteiger partial charge in [0.15, 0.2) is 0 Å². The molecule has 0 unspecified atom stereocenters. The van der Waals surface area contributed by atoms with Crippen molar-refractivity contribution in [1.82, 2.24) is 4.90 Å².